The summed E-state index contributed by atoms with van der Waals surface area (Å²) in [6, 6.07) is 12.2. The minimum atomic E-state index is -3.82. The lowest BCUT2D eigenvalue weighted by atomic mass is 10.2. The third kappa shape index (κ3) is 4.56. The summed E-state index contributed by atoms with van der Waals surface area (Å²) >= 11 is 5.80. The molecule has 3 N–H and O–H groups in total. The van der Waals surface area contributed by atoms with Gasteiger partial charge in [-0.15, -0.1) is 0 Å². The van der Waals surface area contributed by atoms with Gasteiger partial charge in [0.1, 0.15) is 0 Å². The summed E-state index contributed by atoms with van der Waals surface area (Å²) in [5.74, 6) is -0.402. The van der Waals surface area contributed by atoms with Gasteiger partial charge in [-0.25, -0.2) is 8.42 Å². The Morgan fingerprint density at radius 1 is 1.08 bits per heavy atom. The Labute approximate surface area is 157 Å². The molecular weight excluding hydrogens is 374 g/mol. The third-order valence-electron chi connectivity index (χ3n) is 3.88. The zero-order valence-corrected chi connectivity index (χ0v) is 15.4. The van der Waals surface area contributed by atoms with E-state index in [2.05, 4.69) is 15.6 Å². The molecule has 26 heavy (non-hydrogen) atoms. The summed E-state index contributed by atoms with van der Waals surface area (Å²) in [5, 5.41) is 0.511. The highest BCUT2D eigenvalue weighted by atomic mass is 35.5. The maximum absolute atomic E-state index is 12.5. The van der Waals surface area contributed by atoms with Crippen molar-refractivity contribution in [3.05, 3.63) is 70.9 Å². The van der Waals surface area contributed by atoms with Crippen molar-refractivity contribution >= 4 is 33.2 Å². The van der Waals surface area contributed by atoms with Gasteiger partial charge in [-0.05, 0) is 61.7 Å². The number of allylic oxidation sites excluding steroid dienone is 2. The van der Waals surface area contributed by atoms with Gasteiger partial charge in [-0.3, -0.25) is 14.9 Å². The van der Waals surface area contributed by atoms with Gasteiger partial charge < -0.3 is 5.43 Å². The number of rotatable bonds is 6. The first-order valence-corrected chi connectivity index (χ1v) is 9.94. The summed E-state index contributed by atoms with van der Waals surface area (Å²) in [6.45, 7) is 0. The molecular formula is C18H18ClN3O3S. The van der Waals surface area contributed by atoms with E-state index in [1.165, 1.54) is 18.2 Å². The van der Waals surface area contributed by atoms with Gasteiger partial charge in [0.15, 0.2) is 0 Å². The molecule has 2 aromatic rings. The van der Waals surface area contributed by atoms with Crippen molar-refractivity contribution in [2.24, 2.45) is 0 Å². The zero-order valence-electron chi connectivity index (χ0n) is 13.8. The van der Waals surface area contributed by atoms with Crippen molar-refractivity contribution < 1.29 is 13.2 Å². The van der Waals surface area contributed by atoms with Gasteiger partial charge in [-0.1, -0.05) is 23.7 Å². The standard InChI is InChI=1S/C18H18ClN3O3S/c19-14-8-10-16(11-9-14)22-26(24,25)17-7-3-4-13(12-17)18(23)21-20-15-5-1-2-6-15/h3-5,7-12,20,22H,1-2,6H2,(H,21,23). The van der Waals surface area contributed by atoms with Gasteiger partial charge in [-0.2, -0.15) is 0 Å². The second-order valence-electron chi connectivity index (χ2n) is 5.84. The smallest absolute Gasteiger partial charge is 0.269 e. The van der Waals surface area contributed by atoms with Gasteiger partial charge in [0.2, 0.25) is 0 Å². The van der Waals surface area contributed by atoms with E-state index in [-0.39, 0.29) is 10.5 Å². The quantitative estimate of drug-likeness (QED) is 0.658. The van der Waals surface area contributed by atoms with Crippen molar-refractivity contribution in [1.29, 1.82) is 0 Å². The lowest BCUT2D eigenvalue weighted by molar-refractivity contribution is 0.0938. The van der Waals surface area contributed by atoms with Crippen LogP contribution >= 0.6 is 11.6 Å². The maximum atomic E-state index is 12.5. The topological polar surface area (TPSA) is 87.3 Å². The largest absolute Gasteiger partial charge is 0.303 e. The number of halogens is 1. The normalized spacial score (nSPS) is 13.8. The van der Waals surface area contributed by atoms with Gasteiger partial charge in [0.05, 0.1) is 4.90 Å². The molecule has 0 atom stereocenters. The number of hydrazine groups is 1. The number of amides is 1. The van der Waals surface area contributed by atoms with Crippen LogP contribution in [0.4, 0.5) is 5.69 Å². The second-order valence-corrected chi connectivity index (χ2v) is 7.96. The van der Waals surface area contributed by atoms with Crippen LogP contribution in [0.1, 0.15) is 29.6 Å². The van der Waals surface area contributed by atoms with Crippen LogP contribution in [0, 0.1) is 0 Å². The molecule has 1 amide bonds. The van der Waals surface area contributed by atoms with Gasteiger partial charge in [0, 0.05) is 22.0 Å². The fourth-order valence-electron chi connectivity index (χ4n) is 2.53. The molecule has 0 aromatic heterocycles. The highest BCUT2D eigenvalue weighted by molar-refractivity contribution is 7.92. The SMILES string of the molecule is O=C(NNC1=CCCC1)c1cccc(S(=O)(=O)Nc2ccc(Cl)cc2)c1. The maximum Gasteiger partial charge on any atom is 0.269 e. The molecule has 2 aromatic carbocycles. The Morgan fingerprint density at radius 3 is 2.54 bits per heavy atom. The van der Waals surface area contributed by atoms with Crippen molar-refractivity contribution in [3.8, 4) is 0 Å². The van der Waals surface area contributed by atoms with E-state index in [0.717, 1.165) is 25.0 Å². The molecule has 136 valence electrons. The Kier molecular flexibility index (Phi) is 5.49. The summed E-state index contributed by atoms with van der Waals surface area (Å²) in [4.78, 5) is 12.2. The molecule has 0 radical (unpaired) electrons. The van der Waals surface area contributed by atoms with Gasteiger partial charge >= 0.3 is 0 Å². The monoisotopic (exact) mass is 391 g/mol. The van der Waals surface area contributed by atoms with Crippen LogP contribution < -0.4 is 15.6 Å². The number of benzene rings is 2. The Balaban J connectivity index is 1.72. The molecule has 0 unspecified atom stereocenters. The first-order valence-electron chi connectivity index (χ1n) is 8.08. The van der Waals surface area contributed by atoms with Crippen LogP contribution in [0.3, 0.4) is 0 Å². The van der Waals surface area contributed by atoms with Crippen LogP contribution in [-0.4, -0.2) is 14.3 Å². The van der Waals surface area contributed by atoms with E-state index in [1.54, 1.807) is 30.3 Å². The van der Waals surface area contributed by atoms with Crippen LogP contribution in [-0.2, 0) is 10.0 Å². The number of hydrogen-bond acceptors (Lipinski definition) is 4. The molecule has 6 nitrogen and oxygen atoms in total. The Hall–Kier alpha value is -2.51. The number of carbonyl (C=O) groups is 1. The lowest BCUT2D eigenvalue weighted by Crippen LogP contribution is -2.36. The minimum absolute atomic E-state index is 0.000168. The summed E-state index contributed by atoms with van der Waals surface area (Å²) < 4.78 is 27.5. The predicted molar refractivity (Wildman–Crippen MR) is 101 cm³/mol. The molecule has 0 spiro atoms. The molecule has 0 bridgehead atoms. The molecule has 0 fully saturated rings. The van der Waals surface area contributed by atoms with E-state index in [9.17, 15) is 13.2 Å². The first-order chi connectivity index (χ1) is 12.4. The molecule has 1 aliphatic carbocycles. The predicted octanol–water partition coefficient (Wildman–Crippen LogP) is 3.44. The van der Waals surface area contributed by atoms with Crippen LogP contribution in [0.5, 0.6) is 0 Å². The van der Waals surface area contributed by atoms with Crippen molar-refractivity contribution in [3.63, 3.8) is 0 Å². The molecule has 1 aliphatic rings. The van der Waals surface area contributed by atoms with Crippen molar-refractivity contribution in [1.82, 2.24) is 10.9 Å². The molecule has 0 saturated carbocycles. The summed E-state index contributed by atoms with van der Waals surface area (Å²) in [7, 11) is -3.82. The number of anilines is 1. The average molecular weight is 392 g/mol. The number of carbonyl (C=O) groups excluding carboxylic acids is 1. The first kappa shape index (κ1) is 18.3. The van der Waals surface area contributed by atoms with Crippen LogP contribution in [0.15, 0.2) is 65.2 Å². The van der Waals surface area contributed by atoms with Crippen molar-refractivity contribution in [2.45, 2.75) is 24.2 Å². The molecule has 8 heteroatoms. The molecule has 0 saturated heterocycles. The van der Waals surface area contributed by atoms with E-state index >= 15 is 0 Å². The fraction of sp³-hybridized carbons (Fsp3) is 0.167. The minimum Gasteiger partial charge on any atom is -0.303 e. The summed E-state index contributed by atoms with van der Waals surface area (Å²) in [6.07, 6.45) is 4.96. The average Bonchev–Trinajstić information content (AvgIpc) is 3.15. The van der Waals surface area contributed by atoms with Gasteiger partial charge in [0.25, 0.3) is 15.9 Å². The van der Waals surface area contributed by atoms with Crippen LogP contribution in [0.2, 0.25) is 5.02 Å². The highest BCUT2D eigenvalue weighted by Gasteiger charge is 2.17. The summed E-state index contributed by atoms with van der Waals surface area (Å²) in [5.41, 5.74) is 7.05. The van der Waals surface area contributed by atoms with Crippen LogP contribution in [0.25, 0.3) is 0 Å². The fourth-order valence-corrected chi connectivity index (χ4v) is 3.76. The van der Waals surface area contributed by atoms with Crippen molar-refractivity contribution in [2.75, 3.05) is 4.72 Å². The van der Waals surface area contributed by atoms with E-state index < -0.39 is 15.9 Å². The highest BCUT2D eigenvalue weighted by Crippen LogP contribution is 2.19. The van der Waals surface area contributed by atoms with E-state index in [1.807, 2.05) is 6.08 Å². The lowest BCUT2D eigenvalue weighted by Gasteiger charge is -2.11. The third-order valence-corrected chi connectivity index (χ3v) is 5.51. The van der Waals surface area contributed by atoms with E-state index in [4.69, 9.17) is 11.6 Å². The molecule has 0 heterocycles. The molecule has 0 aliphatic heterocycles. The Morgan fingerprint density at radius 2 is 1.85 bits per heavy atom. The van der Waals surface area contributed by atoms with E-state index in [0.29, 0.717) is 10.7 Å². The molecule has 3 rings (SSSR count). The Bertz CT molecular complexity index is 940. The number of hydrogen-bond donors (Lipinski definition) is 3. The zero-order chi connectivity index (χ0) is 18.6. The second kappa shape index (κ2) is 7.80. The number of nitrogens with one attached hydrogen (secondary N) is 3. The number of sulfonamides is 1.